The van der Waals surface area contributed by atoms with Crippen molar-refractivity contribution in [2.75, 3.05) is 25.1 Å². The average Bonchev–Trinajstić information content (AvgIpc) is 2.91. The summed E-state index contributed by atoms with van der Waals surface area (Å²) in [5.74, 6) is 0.671. The first-order chi connectivity index (χ1) is 9.65. The molecule has 0 radical (unpaired) electrons. The highest BCUT2D eigenvalue weighted by Gasteiger charge is 2.15. The topological polar surface area (TPSA) is 50.4 Å². The van der Waals surface area contributed by atoms with Gasteiger partial charge in [0.2, 0.25) is 5.91 Å². The summed E-state index contributed by atoms with van der Waals surface area (Å²) in [6.07, 6.45) is 2.35. The number of carbonyl (C=O) groups excluding carboxylic acids is 1. The Bertz CT molecular complexity index is 442. The zero-order chi connectivity index (χ0) is 14.4. The van der Waals surface area contributed by atoms with Gasteiger partial charge in [0.25, 0.3) is 0 Å². The van der Waals surface area contributed by atoms with E-state index in [0.29, 0.717) is 5.92 Å². The second-order valence-electron chi connectivity index (χ2n) is 5.50. The van der Waals surface area contributed by atoms with Gasteiger partial charge in [0.05, 0.1) is 0 Å². The first kappa shape index (κ1) is 15.0. The Morgan fingerprint density at radius 3 is 3.05 bits per heavy atom. The third-order valence-corrected chi connectivity index (χ3v) is 3.73. The van der Waals surface area contributed by atoms with Gasteiger partial charge in [0, 0.05) is 31.9 Å². The van der Waals surface area contributed by atoms with Crippen LogP contribution in [0.2, 0.25) is 0 Å². The lowest BCUT2D eigenvalue weighted by atomic mass is 10.0. The minimum Gasteiger partial charge on any atom is -0.381 e. The minimum atomic E-state index is -0.0380. The summed E-state index contributed by atoms with van der Waals surface area (Å²) in [5, 5.41) is 6.36. The highest BCUT2D eigenvalue weighted by atomic mass is 16.5. The molecule has 2 atom stereocenters. The van der Waals surface area contributed by atoms with E-state index in [2.05, 4.69) is 23.6 Å². The second-order valence-corrected chi connectivity index (χ2v) is 5.50. The summed E-state index contributed by atoms with van der Waals surface area (Å²) < 4.78 is 5.38. The standard InChI is InChI=1S/C16H24N2O2/c1-12(17-8-6-14-7-9-20-11-14)15-4-3-5-16(10-15)18-13(2)19/h3-5,10,12,14,17H,6-9,11H2,1-2H3,(H,18,19). The number of nitrogens with one attached hydrogen (secondary N) is 2. The summed E-state index contributed by atoms with van der Waals surface area (Å²) in [5.41, 5.74) is 2.05. The molecule has 2 unspecified atom stereocenters. The molecule has 4 heteroatoms. The van der Waals surface area contributed by atoms with E-state index in [1.807, 2.05) is 18.2 Å². The number of amides is 1. The fraction of sp³-hybridized carbons (Fsp3) is 0.562. The number of benzene rings is 1. The monoisotopic (exact) mass is 276 g/mol. The van der Waals surface area contributed by atoms with Crippen molar-refractivity contribution in [2.45, 2.75) is 32.7 Å². The minimum absolute atomic E-state index is 0.0380. The Labute approximate surface area is 120 Å². The Morgan fingerprint density at radius 1 is 1.50 bits per heavy atom. The first-order valence-corrected chi connectivity index (χ1v) is 7.34. The molecule has 0 aliphatic carbocycles. The summed E-state index contributed by atoms with van der Waals surface area (Å²) in [4.78, 5) is 11.1. The quantitative estimate of drug-likeness (QED) is 0.840. The van der Waals surface area contributed by atoms with Crippen LogP contribution in [0, 0.1) is 5.92 Å². The maximum atomic E-state index is 11.1. The molecule has 0 aromatic heterocycles. The van der Waals surface area contributed by atoms with Gasteiger partial charge in [-0.05, 0) is 49.9 Å². The van der Waals surface area contributed by atoms with Crippen molar-refractivity contribution in [2.24, 2.45) is 5.92 Å². The van der Waals surface area contributed by atoms with Crippen LogP contribution in [0.5, 0.6) is 0 Å². The lowest BCUT2D eigenvalue weighted by Crippen LogP contribution is -2.22. The van der Waals surface area contributed by atoms with Gasteiger partial charge in [0.15, 0.2) is 0 Å². The van der Waals surface area contributed by atoms with Crippen molar-refractivity contribution in [1.82, 2.24) is 5.32 Å². The number of ether oxygens (including phenoxy) is 1. The second kappa shape index (κ2) is 7.41. The maximum absolute atomic E-state index is 11.1. The molecule has 2 N–H and O–H groups in total. The molecule has 1 amide bonds. The third-order valence-electron chi connectivity index (χ3n) is 3.73. The summed E-state index contributed by atoms with van der Waals surface area (Å²) >= 11 is 0. The van der Waals surface area contributed by atoms with E-state index < -0.39 is 0 Å². The molecule has 0 saturated carbocycles. The van der Waals surface area contributed by atoms with Gasteiger partial charge in [-0.15, -0.1) is 0 Å². The van der Waals surface area contributed by atoms with Crippen LogP contribution in [0.4, 0.5) is 5.69 Å². The first-order valence-electron chi connectivity index (χ1n) is 7.34. The molecule has 1 aliphatic rings. The van der Waals surface area contributed by atoms with Crippen LogP contribution in [0.15, 0.2) is 24.3 Å². The molecule has 4 nitrogen and oxygen atoms in total. The predicted octanol–water partition coefficient (Wildman–Crippen LogP) is 2.72. The molecule has 1 aliphatic heterocycles. The van der Waals surface area contributed by atoms with Crippen LogP contribution in [-0.2, 0) is 9.53 Å². The van der Waals surface area contributed by atoms with Crippen molar-refractivity contribution in [3.8, 4) is 0 Å². The normalized spacial score (nSPS) is 19.8. The summed E-state index contributed by atoms with van der Waals surface area (Å²) in [6, 6.07) is 8.28. The van der Waals surface area contributed by atoms with Crippen molar-refractivity contribution >= 4 is 11.6 Å². The van der Waals surface area contributed by atoms with E-state index in [-0.39, 0.29) is 11.9 Å². The molecule has 0 spiro atoms. The predicted molar refractivity (Wildman–Crippen MR) is 80.7 cm³/mol. The van der Waals surface area contributed by atoms with Gasteiger partial charge in [0.1, 0.15) is 0 Å². The Morgan fingerprint density at radius 2 is 2.35 bits per heavy atom. The van der Waals surface area contributed by atoms with E-state index in [1.165, 1.54) is 18.9 Å². The Balaban J connectivity index is 1.81. The summed E-state index contributed by atoms with van der Waals surface area (Å²) in [6.45, 7) is 6.50. The van der Waals surface area contributed by atoms with E-state index in [9.17, 15) is 4.79 Å². The molecular formula is C16H24N2O2. The Kier molecular flexibility index (Phi) is 5.56. The van der Waals surface area contributed by atoms with Crippen molar-refractivity contribution in [3.63, 3.8) is 0 Å². The van der Waals surface area contributed by atoms with E-state index in [1.54, 1.807) is 0 Å². The molecule has 20 heavy (non-hydrogen) atoms. The van der Waals surface area contributed by atoms with Crippen molar-refractivity contribution in [3.05, 3.63) is 29.8 Å². The number of anilines is 1. The number of carbonyl (C=O) groups is 1. The van der Waals surface area contributed by atoms with Gasteiger partial charge >= 0.3 is 0 Å². The molecule has 1 fully saturated rings. The van der Waals surface area contributed by atoms with Crippen LogP contribution in [-0.4, -0.2) is 25.7 Å². The van der Waals surface area contributed by atoms with Crippen LogP contribution in [0.25, 0.3) is 0 Å². The molecule has 110 valence electrons. The number of rotatable bonds is 6. The lowest BCUT2D eigenvalue weighted by molar-refractivity contribution is -0.114. The van der Waals surface area contributed by atoms with Gasteiger partial charge < -0.3 is 15.4 Å². The molecule has 1 heterocycles. The van der Waals surface area contributed by atoms with Crippen molar-refractivity contribution in [1.29, 1.82) is 0 Å². The fourth-order valence-electron chi connectivity index (χ4n) is 2.52. The number of hydrogen-bond acceptors (Lipinski definition) is 3. The summed E-state index contributed by atoms with van der Waals surface area (Å²) in [7, 11) is 0. The molecular weight excluding hydrogens is 252 g/mol. The van der Waals surface area contributed by atoms with Crippen LogP contribution < -0.4 is 10.6 Å². The van der Waals surface area contributed by atoms with Crippen LogP contribution >= 0.6 is 0 Å². The van der Waals surface area contributed by atoms with E-state index in [4.69, 9.17) is 4.74 Å². The molecule has 1 aromatic carbocycles. The van der Waals surface area contributed by atoms with E-state index in [0.717, 1.165) is 31.9 Å². The van der Waals surface area contributed by atoms with Crippen molar-refractivity contribution < 1.29 is 9.53 Å². The average molecular weight is 276 g/mol. The molecule has 1 saturated heterocycles. The smallest absolute Gasteiger partial charge is 0.221 e. The highest BCUT2D eigenvalue weighted by Crippen LogP contribution is 2.19. The molecule has 1 aromatic rings. The van der Waals surface area contributed by atoms with Crippen LogP contribution in [0.3, 0.4) is 0 Å². The highest BCUT2D eigenvalue weighted by molar-refractivity contribution is 5.88. The fourth-order valence-corrected chi connectivity index (χ4v) is 2.52. The third kappa shape index (κ3) is 4.62. The van der Waals surface area contributed by atoms with Gasteiger partial charge in [-0.3, -0.25) is 4.79 Å². The van der Waals surface area contributed by atoms with Crippen LogP contribution in [0.1, 0.15) is 38.3 Å². The molecule has 0 bridgehead atoms. The van der Waals surface area contributed by atoms with Gasteiger partial charge in [-0.2, -0.15) is 0 Å². The van der Waals surface area contributed by atoms with E-state index >= 15 is 0 Å². The molecule has 2 rings (SSSR count). The lowest BCUT2D eigenvalue weighted by Gasteiger charge is -2.16. The van der Waals surface area contributed by atoms with Gasteiger partial charge in [-0.1, -0.05) is 12.1 Å². The maximum Gasteiger partial charge on any atom is 0.221 e. The SMILES string of the molecule is CC(=O)Nc1cccc(C(C)NCCC2CCOC2)c1. The van der Waals surface area contributed by atoms with Gasteiger partial charge in [-0.25, -0.2) is 0 Å². The number of hydrogen-bond donors (Lipinski definition) is 2. The zero-order valence-electron chi connectivity index (χ0n) is 12.3. The largest absolute Gasteiger partial charge is 0.381 e. The Hall–Kier alpha value is -1.39. The zero-order valence-corrected chi connectivity index (χ0v) is 12.3.